The van der Waals surface area contributed by atoms with E-state index < -0.39 is 0 Å². The van der Waals surface area contributed by atoms with Crippen LogP contribution in [0.15, 0.2) is 53.6 Å². The average Bonchev–Trinajstić information content (AvgIpc) is 3.15. The Morgan fingerprint density at radius 1 is 1.27 bits per heavy atom. The number of nitrogens with one attached hydrogen (secondary N) is 2. The molecule has 0 aliphatic heterocycles. The van der Waals surface area contributed by atoms with Crippen LogP contribution in [0.2, 0.25) is 0 Å². The highest BCUT2D eigenvalue weighted by Crippen LogP contribution is 2.17. The summed E-state index contributed by atoms with van der Waals surface area (Å²) in [6.45, 7) is 5.05. The zero-order valence-corrected chi connectivity index (χ0v) is 16.9. The molecule has 1 aromatic carbocycles. The van der Waals surface area contributed by atoms with E-state index in [2.05, 4.69) is 15.4 Å². The maximum atomic E-state index is 12.3. The molecule has 3 aromatic rings. The van der Waals surface area contributed by atoms with Gasteiger partial charge >= 0.3 is 0 Å². The van der Waals surface area contributed by atoms with Crippen LogP contribution in [0.3, 0.4) is 0 Å². The van der Waals surface area contributed by atoms with Crippen LogP contribution < -0.4 is 10.9 Å². The van der Waals surface area contributed by atoms with Gasteiger partial charge in [0.25, 0.3) is 11.5 Å². The lowest BCUT2D eigenvalue weighted by Gasteiger charge is -2.08. The first-order valence-electron chi connectivity index (χ1n) is 9.66. The molecule has 0 unspecified atom stereocenters. The second-order valence-electron chi connectivity index (χ2n) is 6.98. The summed E-state index contributed by atoms with van der Waals surface area (Å²) in [6, 6.07) is 12.1. The summed E-state index contributed by atoms with van der Waals surface area (Å²) < 4.78 is 6.94. The van der Waals surface area contributed by atoms with E-state index in [1.165, 1.54) is 10.9 Å². The van der Waals surface area contributed by atoms with E-state index in [1.807, 2.05) is 19.9 Å². The van der Waals surface area contributed by atoms with Crippen LogP contribution in [0, 0.1) is 11.3 Å². The Bertz CT molecular complexity index is 1090. The molecule has 0 bridgehead atoms. The van der Waals surface area contributed by atoms with E-state index in [1.54, 1.807) is 42.6 Å². The monoisotopic (exact) mass is 405 g/mol. The van der Waals surface area contributed by atoms with Crippen LogP contribution in [0.5, 0.6) is 0 Å². The molecule has 1 amide bonds. The Labute approximate surface area is 174 Å². The molecule has 0 radical (unpaired) electrons. The van der Waals surface area contributed by atoms with E-state index in [0.717, 1.165) is 6.42 Å². The molecule has 8 heteroatoms. The summed E-state index contributed by atoms with van der Waals surface area (Å²) in [7, 11) is 0. The maximum absolute atomic E-state index is 12.3. The van der Waals surface area contributed by atoms with Gasteiger partial charge in [-0.3, -0.25) is 14.7 Å². The number of benzene rings is 1. The number of pyridine rings is 1. The highest BCUT2D eigenvalue weighted by Gasteiger charge is 2.10. The fourth-order valence-electron chi connectivity index (χ4n) is 2.80. The molecular weight excluding hydrogens is 382 g/mol. The summed E-state index contributed by atoms with van der Waals surface area (Å²) >= 11 is 0. The molecule has 0 aliphatic rings. The summed E-state index contributed by atoms with van der Waals surface area (Å²) in [5.74, 6) is 0.270. The van der Waals surface area contributed by atoms with Gasteiger partial charge < -0.3 is 10.1 Å². The third-order valence-corrected chi connectivity index (χ3v) is 4.36. The third kappa shape index (κ3) is 5.21. The largest absolute Gasteiger partial charge is 0.379 e. The van der Waals surface area contributed by atoms with E-state index in [-0.39, 0.29) is 17.6 Å². The van der Waals surface area contributed by atoms with Crippen molar-refractivity contribution in [3.63, 3.8) is 0 Å². The van der Waals surface area contributed by atoms with Crippen LogP contribution in [-0.4, -0.2) is 39.9 Å². The van der Waals surface area contributed by atoms with Crippen LogP contribution in [0.4, 0.5) is 0 Å². The summed E-state index contributed by atoms with van der Waals surface area (Å²) in [5, 5.41) is 14.4. The Morgan fingerprint density at radius 2 is 2.03 bits per heavy atom. The normalized spacial score (nSPS) is 10.7. The van der Waals surface area contributed by atoms with Gasteiger partial charge in [0, 0.05) is 25.5 Å². The SMILES string of the molecule is CC(C)OCCCNC(=O)c1ccc(-n2cc(-c3ccc(C#N)cc3)c(=O)[nH]2)nc1. The number of hydrogen-bond donors (Lipinski definition) is 2. The minimum atomic E-state index is -0.271. The van der Waals surface area contributed by atoms with E-state index in [4.69, 9.17) is 10.00 Å². The van der Waals surface area contributed by atoms with Gasteiger partial charge in [0.05, 0.1) is 28.9 Å². The molecule has 3 rings (SSSR count). The lowest BCUT2D eigenvalue weighted by molar-refractivity contribution is 0.0757. The number of rotatable bonds is 8. The number of ether oxygens (including phenoxy) is 1. The fourth-order valence-corrected chi connectivity index (χ4v) is 2.80. The van der Waals surface area contributed by atoms with Gasteiger partial charge in [-0.2, -0.15) is 5.26 Å². The molecule has 0 atom stereocenters. The molecule has 0 aliphatic carbocycles. The number of aromatic amines is 1. The first-order chi connectivity index (χ1) is 14.5. The van der Waals surface area contributed by atoms with Gasteiger partial charge in [0.2, 0.25) is 0 Å². The highest BCUT2D eigenvalue weighted by atomic mass is 16.5. The zero-order valence-electron chi connectivity index (χ0n) is 16.9. The number of aromatic nitrogens is 3. The molecule has 2 heterocycles. The molecule has 154 valence electrons. The van der Waals surface area contributed by atoms with Gasteiger partial charge in [-0.25, -0.2) is 9.67 Å². The average molecular weight is 405 g/mol. The standard InChI is InChI=1S/C22H23N5O3/c1-15(2)30-11-3-10-24-21(28)18-8-9-20(25-13-18)27-14-19(22(29)26-27)17-6-4-16(12-23)5-7-17/h4-9,13-15H,3,10-11H2,1-2H3,(H,24,28)(H,26,29). The fraction of sp³-hybridized carbons (Fsp3) is 0.273. The van der Waals surface area contributed by atoms with Crippen LogP contribution in [0.25, 0.3) is 16.9 Å². The van der Waals surface area contributed by atoms with Gasteiger partial charge in [0.1, 0.15) is 0 Å². The summed E-state index contributed by atoms with van der Waals surface area (Å²) in [5.41, 5.74) is 1.85. The van der Waals surface area contributed by atoms with Crippen molar-refractivity contribution in [3.05, 3.63) is 70.3 Å². The highest BCUT2D eigenvalue weighted by molar-refractivity contribution is 5.93. The number of carbonyl (C=O) groups excluding carboxylic acids is 1. The lowest BCUT2D eigenvalue weighted by atomic mass is 10.1. The molecule has 2 aromatic heterocycles. The molecule has 0 saturated carbocycles. The van der Waals surface area contributed by atoms with Crippen molar-refractivity contribution >= 4 is 5.91 Å². The van der Waals surface area contributed by atoms with Gasteiger partial charge in [0.15, 0.2) is 5.82 Å². The van der Waals surface area contributed by atoms with Crippen molar-refractivity contribution < 1.29 is 9.53 Å². The predicted molar refractivity (Wildman–Crippen MR) is 112 cm³/mol. The minimum absolute atomic E-state index is 0.176. The third-order valence-electron chi connectivity index (χ3n) is 4.36. The molecular formula is C22H23N5O3. The van der Waals surface area contributed by atoms with E-state index in [9.17, 15) is 9.59 Å². The summed E-state index contributed by atoms with van der Waals surface area (Å²) in [4.78, 5) is 28.8. The number of nitriles is 1. The van der Waals surface area contributed by atoms with Crippen molar-refractivity contribution in [1.82, 2.24) is 20.1 Å². The van der Waals surface area contributed by atoms with Gasteiger partial charge in [-0.05, 0) is 50.1 Å². The van der Waals surface area contributed by atoms with Crippen molar-refractivity contribution in [1.29, 1.82) is 5.26 Å². The number of carbonyl (C=O) groups is 1. The van der Waals surface area contributed by atoms with Crippen LogP contribution in [0.1, 0.15) is 36.2 Å². The number of hydrogen-bond acceptors (Lipinski definition) is 5. The topological polar surface area (TPSA) is 113 Å². The molecule has 2 N–H and O–H groups in total. The first kappa shape index (κ1) is 21.0. The van der Waals surface area contributed by atoms with E-state index in [0.29, 0.717) is 41.2 Å². The minimum Gasteiger partial charge on any atom is -0.379 e. The smallest absolute Gasteiger partial charge is 0.272 e. The Morgan fingerprint density at radius 3 is 2.67 bits per heavy atom. The number of amides is 1. The first-order valence-corrected chi connectivity index (χ1v) is 9.66. The Balaban J connectivity index is 1.65. The lowest BCUT2D eigenvalue weighted by Crippen LogP contribution is -2.25. The molecule has 0 fully saturated rings. The van der Waals surface area contributed by atoms with E-state index >= 15 is 0 Å². The van der Waals surface area contributed by atoms with Crippen molar-refractivity contribution in [2.24, 2.45) is 0 Å². The maximum Gasteiger partial charge on any atom is 0.272 e. The van der Waals surface area contributed by atoms with Crippen molar-refractivity contribution in [2.45, 2.75) is 26.4 Å². The number of nitrogens with zero attached hydrogens (tertiary/aromatic N) is 3. The zero-order chi connectivity index (χ0) is 21.5. The molecule has 8 nitrogen and oxygen atoms in total. The van der Waals surface area contributed by atoms with Gasteiger partial charge in [-0.1, -0.05) is 12.1 Å². The predicted octanol–water partition coefficient (Wildman–Crippen LogP) is 2.64. The Hall–Kier alpha value is -3.70. The van der Waals surface area contributed by atoms with Gasteiger partial charge in [-0.15, -0.1) is 0 Å². The van der Waals surface area contributed by atoms with Crippen molar-refractivity contribution in [2.75, 3.05) is 13.2 Å². The second-order valence-corrected chi connectivity index (χ2v) is 6.98. The molecule has 0 spiro atoms. The van der Waals surface area contributed by atoms with Crippen LogP contribution in [-0.2, 0) is 4.74 Å². The second kappa shape index (κ2) is 9.67. The van der Waals surface area contributed by atoms with Crippen LogP contribution >= 0.6 is 0 Å². The summed E-state index contributed by atoms with van der Waals surface area (Å²) in [6.07, 6.45) is 4.02. The molecule has 30 heavy (non-hydrogen) atoms. The quantitative estimate of drug-likeness (QED) is 0.560. The van der Waals surface area contributed by atoms with Crippen molar-refractivity contribution in [3.8, 4) is 23.0 Å². The molecule has 0 saturated heterocycles. The Kier molecular flexibility index (Phi) is 6.78. The number of H-pyrrole nitrogens is 1.